The molecule has 0 spiro atoms. The number of carbonyl (C=O) groups excluding carboxylic acids is 2. The summed E-state index contributed by atoms with van der Waals surface area (Å²) >= 11 is 0. The fraction of sp³-hybridized carbons (Fsp3) is 0.238. The molecule has 6 nitrogen and oxygen atoms in total. The van der Waals surface area contributed by atoms with Gasteiger partial charge in [-0.15, -0.1) is 0 Å². The number of fused-ring (bicyclic) bond motifs is 1. The first-order valence-corrected chi connectivity index (χ1v) is 8.96. The highest BCUT2D eigenvalue weighted by Crippen LogP contribution is 2.22. The zero-order valence-electron chi connectivity index (χ0n) is 15.1. The van der Waals surface area contributed by atoms with Crippen LogP contribution in [-0.2, 0) is 7.05 Å². The third-order valence-electron chi connectivity index (χ3n) is 5.10. The number of para-hydroxylation sites is 1. The molecule has 1 aromatic heterocycles. The highest BCUT2D eigenvalue weighted by Gasteiger charge is 2.27. The molecule has 4 rings (SSSR count). The van der Waals surface area contributed by atoms with E-state index in [1.165, 1.54) is 12.1 Å². The summed E-state index contributed by atoms with van der Waals surface area (Å²) < 4.78 is 1.97. The average molecular weight is 363 g/mol. The Labute approximate surface area is 157 Å². The van der Waals surface area contributed by atoms with Gasteiger partial charge in [0.15, 0.2) is 0 Å². The highest BCUT2D eigenvalue weighted by molar-refractivity contribution is 6.07. The van der Waals surface area contributed by atoms with E-state index >= 15 is 0 Å². The smallest absolute Gasteiger partial charge is 0.256 e. The molecular formula is C21H21N3O3. The lowest BCUT2D eigenvalue weighted by Gasteiger charge is -2.34. The summed E-state index contributed by atoms with van der Waals surface area (Å²) in [6.45, 7) is 2.00. The molecule has 0 aliphatic carbocycles. The van der Waals surface area contributed by atoms with Crippen molar-refractivity contribution in [3.05, 3.63) is 65.9 Å². The molecule has 1 aliphatic heterocycles. The maximum atomic E-state index is 13.0. The second-order valence-electron chi connectivity index (χ2n) is 6.80. The molecule has 0 atom stereocenters. The van der Waals surface area contributed by atoms with Crippen LogP contribution in [0, 0.1) is 0 Å². The fourth-order valence-electron chi connectivity index (χ4n) is 3.58. The van der Waals surface area contributed by atoms with Gasteiger partial charge in [-0.3, -0.25) is 9.59 Å². The van der Waals surface area contributed by atoms with Crippen LogP contribution in [0.4, 0.5) is 0 Å². The Balaban J connectivity index is 1.46. The van der Waals surface area contributed by atoms with Crippen molar-refractivity contribution >= 4 is 22.7 Å². The van der Waals surface area contributed by atoms with Crippen LogP contribution in [-0.4, -0.2) is 57.5 Å². The number of aryl methyl sites for hydroxylation is 1. The summed E-state index contributed by atoms with van der Waals surface area (Å²) in [6, 6.07) is 14.1. The quantitative estimate of drug-likeness (QED) is 0.761. The standard InChI is InChI=1S/C21H21N3O3/c1-22-14-18(17-4-2-3-5-19(17)22)21(27)24-12-10-23(11-13-24)20(26)15-6-8-16(25)9-7-15/h2-9,14,25H,10-13H2,1H3. The van der Waals surface area contributed by atoms with Gasteiger partial charge in [0.25, 0.3) is 11.8 Å². The maximum Gasteiger partial charge on any atom is 0.256 e. The number of hydrogen-bond acceptors (Lipinski definition) is 3. The largest absolute Gasteiger partial charge is 0.508 e. The summed E-state index contributed by atoms with van der Waals surface area (Å²) in [5.41, 5.74) is 2.27. The van der Waals surface area contributed by atoms with Gasteiger partial charge in [-0.05, 0) is 30.3 Å². The molecule has 3 aromatic rings. The predicted octanol–water partition coefficient (Wildman–Crippen LogP) is 2.48. The molecule has 2 aromatic carbocycles. The first kappa shape index (κ1) is 17.1. The van der Waals surface area contributed by atoms with Gasteiger partial charge in [0, 0.05) is 55.9 Å². The van der Waals surface area contributed by atoms with E-state index in [-0.39, 0.29) is 17.6 Å². The third kappa shape index (κ3) is 3.14. The van der Waals surface area contributed by atoms with Crippen LogP contribution in [0.3, 0.4) is 0 Å². The number of aromatic nitrogens is 1. The van der Waals surface area contributed by atoms with Gasteiger partial charge in [-0.2, -0.15) is 0 Å². The number of aromatic hydroxyl groups is 1. The van der Waals surface area contributed by atoms with E-state index in [0.717, 1.165) is 10.9 Å². The van der Waals surface area contributed by atoms with Crippen LogP contribution in [0.15, 0.2) is 54.7 Å². The molecule has 0 radical (unpaired) electrons. The van der Waals surface area contributed by atoms with E-state index in [0.29, 0.717) is 37.3 Å². The number of phenols is 1. The number of carbonyl (C=O) groups is 2. The van der Waals surface area contributed by atoms with Gasteiger partial charge in [-0.25, -0.2) is 0 Å². The van der Waals surface area contributed by atoms with Crippen molar-refractivity contribution in [3.63, 3.8) is 0 Å². The Morgan fingerprint density at radius 1 is 0.852 bits per heavy atom. The van der Waals surface area contributed by atoms with E-state index < -0.39 is 0 Å². The van der Waals surface area contributed by atoms with Crippen LogP contribution in [0.2, 0.25) is 0 Å². The molecule has 2 amide bonds. The Bertz CT molecular complexity index is 999. The summed E-state index contributed by atoms with van der Waals surface area (Å²) in [4.78, 5) is 29.1. The SMILES string of the molecule is Cn1cc(C(=O)N2CCN(C(=O)c3ccc(O)cc3)CC2)c2ccccc21. The second kappa shape index (κ2) is 6.79. The molecule has 2 heterocycles. The van der Waals surface area contributed by atoms with Crippen molar-refractivity contribution in [2.24, 2.45) is 7.05 Å². The van der Waals surface area contributed by atoms with Crippen LogP contribution >= 0.6 is 0 Å². The number of benzene rings is 2. The summed E-state index contributed by atoms with van der Waals surface area (Å²) in [7, 11) is 1.94. The number of nitrogens with zero attached hydrogens (tertiary/aromatic N) is 3. The van der Waals surface area contributed by atoms with E-state index in [4.69, 9.17) is 0 Å². The van der Waals surface area contributed by atoms with Crippen molar-refractivity contribution in [2.75, 3.05) is 26.2 Å². The normalized spacial score (nSPS) is 14.6. The molecular weight excluding hydrogens is 342 g/mol. The minimum atomic E-state index is -0.0766. The first-order chi connectivity index (χ1) is 13.0. The number of piperazine rings is 1. The number of rotatable bonds is 2. The second-order valence-corrected chi connectivity index (χ2v) is 6.80. The van der Waals surface area contributed by atoms with Crippen LogP contribution in [0.1, 0.15) is 20.7 Å². The van der Waals surface area contributed by atoms with Gasteiger partial charge in [0.05, 0.1) is 5.56 Å². The third-order valence-corrected chi connectivity index (χ3v) is 5.10. The molecule has 0 bridgehead atoms. The van der Waals surface area contributed by atoms with Crippen molar-refractivity contribution in [1.82, 2.24) is 14.4 Å². The lowest BCUT2D eigenvalue weighted by Crippen LogP contribution is -2.50. The lowest BCUT2D eigenvalue weighted by atomic mass is 10.1. The molecule has 0 unspecified atom stereocenters. The van der Waals surface area contributed by atoms with Crippen molar-refractivity contribution < 1.29 is 14.7 Å². The summed E-state index contributed by atoms with van der Waals surface area (Å²) in [5.74, 6) is 0.0628. The van der Waals surface area contributed by atoms with Crippen LogP contribution < -0.4 is 0 Å². The molecule has 0 saturated carbocycles. The van der Waals surface area contributed by atoms with Gasteiger partial charge in [-0.1, -0.05) is 18.2 Å². The monoisotopic (exact) mass is 363 g/mol. The van der Waals surface area contributed by atoms with Crippen LogP contribution in [0.5, 0.6) is 5.75 Å². The van der Waals surface area contributed by atoms with Gasteiger partial charge in [0.1, 0.15) is 5.75 Å². The molecule has 138 valence electrons. The number of hydrogen-bond donors (Lipinski definition) is 1. The Morgan fingerprint density at radius 2 is 1.44 bits per heavy atom. The first-order valence-electron chi connectivity index (χ1n) is 8.96. The average Bonchev–Trinajstić information content (AvgIpc) is 3.05. The Morgan fingerprint density at radius 3 is 2.11 bits per heavy atom. The fourth-order valence-corrected chi connectivity index (χ4v) is 3.58. The van der Waals surface area contributed by atoms with Gasteiger partial charge in [0.2, 0.25) is 0 Å². The van der Waals surface area contributed by atoms with Gasteiger partial charge < -0.3 is 19.5 Å². The highest BCUT2D eigenvalue weighted by atomic mass is 16.3. The predicted molar refractivity (Wildman–Crippen MR) is 103 cm³/mol. The molecule has 1 saturated heterocycles. The lowest BCUT2D eigenvalue weighted by molar-refractivity contribution is 0.0536. The molecule has 27 heavy (non-hydrogen) atoms. The van der Waals surface area contributed by atoms with Gasteiger partial charge >= 0.3 is 0 Å². The summed E-state index contributed by atoms with van der Waals surface area (Å²) in [6.07, 6.45) is 1.88. The summed E-state index contributed by atoms with van der Waals surface area (Å²) in [5, 5.41) is 10.3. The van der Waals surface area contributed by atoms with Crippen LogP contribution in [0.25, 0.3) is 10.9 Å². The Kier molecular flexibility index (Phi) is 4.32. The molecule has 1 fully saturated rings. The van der Waals surface area contributed by atoms with E-state index in [1.807, 2.05) is 47.0 Å². The number of phenolic OH excluding ortho intramolecular Hbond substituents is 1. The number of amides is 2. The van der Waals surface area contributed by atoms with E-state index in [2.05, 4.69) is 0 Å². The van der Waals surface area contributed by atoms with Crippen molar-refractivity contribution in [2.45, 2.75) is 0 Å². The Hall–Kier alpha value is -3.28. The minimum absolute atomic E-state index is 0.00327. The van der Waals surface area contributed by atoms with Crippen molar-refractivity contribution in [1.29, 1.82) is 0 Å². The van der Waals surface area contributed by atoms with E-state index in [1.54, 1.807) is 17.0 Å². The topological polar surface area (TPSA) is 65.8 Å². The molecule has 1 N–H and O–H groups in total. The van der Waals surface area contributed by atoms with Crippen molar-refractivity contribution in [3.8, 4) is 5.75 Å². The maximum absolute atomic E-state index is 13.0. The van der Waals surface area contributed by atoms with E-state index in [9.17, 15) is 14.7 Å². The minimum Gasteiger partial charge on any atom is -0.508 e. The molecule has 6 heteroatoms. The molecule has 1 aliphatic rings. The zero-order valence-corrected chi connectivity index (χ0v) is 15.1. The zero-order chi connectivity index (χ0) is 19.0.